The Morgan fingerprint density at radius 2 is 1.28 bits per heavy atom. The molecule has 166 valence electrons. The van der Waals surface area contributed by atoms with Crippen molar-refractivity contribution in [3.63, 3.8) is 0 Å². The number of carboxylic acids is 1. The summed E-state index contributed by atoms with van der Waals surface area (Å²) >= 11 is 0. The van der Waals surface area contributed by atoms with Gasteiger partial charge in [-0.3, -0.25) is 0 Å². The van der Waals surface area contributed by atoms with E-state index in [1.807, 2.05) is 18.2 Å². The number of ether oxygens (including phenoxy) is 2. The number of carboxylic acid groups (broad SMARTS) is 1. The van der Waals surface area contributed by atoms with Gasteiger partial charge in [-0.1, -0.05) is 102 Å². The zero-order valence-electron chi connectivity index (χ0n) is 18.7. The molecule has 0 aliphatic rings. The molecule has 0 aromatic heterocycles. The highest BCUT2D eigenvalue weighted by atomic mass is 16.7. The molecule has 0 radical (unpaired) electrons. The Kier molecular flexibility index (Phi) is 14.3. The fraction of sp³-hybridized carbons (Fsp3) is 0.720. The minimum Gasteiger partial charge on any atom is -0.476 e. The van der Waals surface area contributed by atoms with Gasteiger partial charge in [-0.25, -0.2) is 4.79 Å². The quantitative estimate of drug-likeness (QED) is 0.192. The molecule has 0 spiro atoms. The van der Waals surface area contributed by atoms with Crippen LogP contribution in [0.25, 0.3) is 0 Å². The lowest BCUT2D eigenvalue weighted by atomic mass is 10.0. The molecule has 0 aliphatic carbocycles. The molecule has 0 saturated carbocycles. The van der Waals surface area contributed by atoms with Crippen LogP contribution in [0.4, 0.5) is 0 Å². The van der Waals surface area contributed by atoms with Gasteiger partial charge in [-0.2, -0.15) is 0 Å². The maximum absolute atomic E-state index is 11.9. The number of hydrogen-bond acceptors (Lipinski definition) is 3. The summed E-state index contributed by atoms with van der Waals surface area (Å²) in [6.45, 7) is 4.36. The third-order valence-corrected chi connectivity index (χ3v) is 5.34. The predicted molar refractivity (Wildman–Crippen MR) is 119 cm³/mol. The first-order valence-corrected chi connectivity index (χ1v) is 11.8. The van der Waals surface area contributed by atoms with Crippen molar-refractivity contribution in [3.05, 3.63) is 30.3 Å². The number of carbonyl (C=O) groups is 1. The zero-order valence-corrected chi connectivity index (χ0v) is 18.7. The maximum atomic E-state index is 11.9. The van der Waals surface area contributed by atoms with Crippen LogP contribution in [-0.4, -0.2) is 23.5 Å². The van der Waals surface area contributed by atoms with Crippen LogP contribution in [0.3, 0.4) is 0 Å². The molecule has 0 heterocycles. The minimum absolute atomic E-state index is 0.303. The Labute approximate surface area is 178 Å². The Morgan fingerprint density at radius 3 is 1.72 bits per heavy atom. The van der Waals surface area contributed by atoms with E-state index in [4.69, 9.17) is 9.47 Å². The number of para-hydroxylation sites is 1. The highest BCUT2D eigenvalue weighted by Gasteiger charge is 2.41. The molecule has 4 nitrogen and oxygen atoms in total. The van der Waals surface area contributed by atoms with Crippen molar-refractivity contribution >= 4 is 5.97 Å². The average molecular weight is 407 g/mol. The zero-order chi connectivity index (χ0) is 21.2. The van der Waals surface area contributed by atoms with E-state index in [0.717, 1.165) is 19.3 Å². The molecule has 1 N–H and O–H groups in total. The van der Waals surface area contributed by atoms with Crippen LogP contribution in [0, 0.1) is 0 Å². The highest BCUT2D eigenvalue weighted by Crippen LogP contribution is 2.26. The van der Waals surface area contributed by atoms with Crippen molar-refractivity contribution < 1.29 is 19.4 Å². The van der Waals surface area contributed by atoms with Gasteiger partial charge in [0, 0.05) is 13.0 Å². The molecule has 4 heteroatoms. The summed E-state index contributed by atoms with van der Waals surface area (Å²) in [6, 6.07) is 9.07. The Bertz CT molecular complexity index is 517. The molecule has 1 rings (SSSR count). The lowest BCUT2D eigenvalue weighted by Crippen LogP contribution is -2.47. The van der Waals surface area contributed by atoms with Crippen molar-refractivity contribution in [2.45, 2.75) is 110 Å². The van der Waals surface area contributed by atoms with Crippen LogP contribution >= 0.6 is 0 Å². The topological polar surface area (TPSA) is 55.8 Å². The van der Waals surface area contributed by atoms with Gasteiger partial charge in [0.05, 0.1) is 0 Å². The number of rotatable bonds is 19. The molecule has 1 aromatic rings. The van der Waals surface area contributed by atoms with Gasteiger partial charge in [0.15, 0.2) is 0 Å². The van der Waals surface area contributed by atoms with Gasteiger partial charge in [0.1, 0.15) is 5.75 Å². The van der Waals surface area contributed by atoms with E-state index < -0.39 is 11.8 Å². The lowest BCUT2D eigenvalue weighted by molar-refractivity contribution is -0.213. The molecule has 29 heavy (non-hydrogen) atoms. The molecule has 0 saturated heterocycles. The van der Waals surface area contributed by atoms with E-state index in [-0.39, 0.29) is 0 Å². The standard InChI is InChI=1S/C25H42O4/c1-3-5-6-7-8-9-10-11-12-13-14-15-19-22-25(24(26)27,28-4-2)29-23-20-17-16-18-21-23/h16-18,20-21H,3-15,19,22H2,1-2H3,(H,26,27). The molecule has 1 atom stereocenters. The van der Waals surface area contributed by atoms with E-state index in [0.29, 0.717) is 18.8 Å². The van der Waals surface area contributed by atoms with E-state index in [1.54, 1.807) is 19.1 Å². The second kappa shape index (κ2) is 16.3. The average Bonchev–Trinajstić information content (AvgIpc) is 2.72. The Balaban J connectivity index is 2.20. The second-order valence-corrected chi connectivity index (χ2v) is 7.90. The molecule has 1 unspecified atom stereocenters. The summed E-state index contributed by atoms with van der Waals surface area (Å²) < 4.78 is 11.4. The van der Waals surface area contributed by atoms with Crippen LogP contribution in [0.5, 0.6) is 5.75 Å². The number of unbranched alkanes of at least 4 members (excludes halogenated alkanes) is 12. The summed E-state index contributed by atoms with van der Waals surface area (Å²) in [5.74, 6) is -2.12. The third kappa shape index (κ3) is 11.3. The number of benzene rings is 1. The van der Waals surface area contributed by atoms with Crippen molar-refractivity contribution in [1.29, 1.82) is 0 Å². The minimum atomic E-state index is -1.59. The molecule has 0 amide bonds. The first-order chi connectivity index (χ1) is 14.1. The smallest absolute Gasteiger partial charge is 0.377 e. The Hall–Kier alpha value is -1.55. The van der Waals surface area contributed by atoms with Gasteiger partial charge in [0.25, 0.3) is 0 Å². The molecule has 0 bridgehead atoms. The first-order valence-electron chi connectivity index (χ1n) is 11.8. The van der Waals surface area contributed by atoms with Crippen molar-refractivity contribution in [1.82, 2.24) is 0 Å². The summed E-state index contributed by atoms with van der Waals surface area (Å²) in [6.07, 6.45) is 16.7. The fourth-order valence-corrected chi connectivity index (χ4v) is 3.65. The Morgan fingerprint density at radius 1 is 0.793 bits per heavy atom. The largest absolute Gasteiger partial charge is 0.476 e. The molecular weight excluding hydrogens is 364 g/mol. The predicted octanol–water partition coefficient (Wildman–Crippen LogP) is 7.36. The monoisotopic (exact) mass is 406 g/mol. The van der Waals surface area contributed by atoms with Crippen molar-refractivity contribution in [2.75, 3.05) is 6.61 Å². The van der Waals surface area contributed by atoms with Gasteiger partial charge in [-0.05, 0) is 25.5 Å². The third-order valence-electron chi connectivity index (χ3n) is 5.34. The van der Waals surface area contributed by atoms with Gasteiger partial charge in [0.2, 0.25) is 0 Å². The van der Waals surface area contributed by atoms with E-state index in [1.165, 1.54) is 64.2 Å². The van der Waals surface area contributed by atoms with E-state index in [2.05, 4.69) is 6.92 Å². The normalized spacial score (nSPS) is 13.2. The highest BCUT2D eigenvalue weighted by molar-refractivity contribution is 5.76. The molecular formula is C25H42O4. The molecule has 0 fully saturated rings. The maximum Gasteiger partial charge on any atom is 0.377 e. The molecule has 0 aliphatic heterocycles. The van der Waals surface area contributed by atoms with Gasteiger partial charge < -0.3 is 14.6 Å². The fourth-order valence-electron chi connectivity index (χ4n) is 3.65. The van der Waals surface area contributed by atoms with Crippen LogP contribution in [0.15, 0.2) is 30.3 Å². The second-order valence-electron chi connectivity index (χ2n) is 7.90. The summed E-state index contributed by atoms with van der Waals surface area (Å²) in [7, 11) is 0. The van der Waals surface area contributed by atoms with Gasteiger partial charge >= 0.3 is 11.8 Å². The van der Waals surface area contributed by atoms with Crippen LogP contribution in [0.2, 0.25) is 0 Å². The van der Waals surface area contributed by atoms with Crippen LogP contribution in [0.1, 0.15) is 104 Å². The number of aliphatic carboxylic acids is 1. The first kappa shape index (κ1) is 25.5. The summed E-state index contributed by atoms with van der Waals surface area (Å²) in [5.41, 5.74) is 0. The lowest BCUT2D eigenvalue weighted by Gasteiger charge is -2.30. The van der Waals surface area contributed by atoms with E-state index >= 15 is 0 Å². The van der Waals surface area contributed by atoms with Gasteiger partial charge in [-0.15, -0.1) is 0 Å². The van der Waals surface area contributed by atoms with Crippen molar-refractivity contribution in [3.8, 4) is 5.75 Å². The summed E-state index contributed by atoms with van der Waals surface area (Å²) in [4.78, 5) is 11.9. The van der Waals surface area contributed by atoms with E-state index in [9.17, 15) is 9.90 Å². The van der Waals surface area contributed by atoms with Crippen molar-refractivity contribution in [2.24, 2.45) is 0 Å². The summed E-state index contributed by atoms with van der Waals surface area (Å²) in [5, 5.41) is 9.76. The molecule has 1 aromatic carbocycles. The van der Waals surface area contributed by atoms with Crippen LogP contribution in [-0.2, 0) is 9.53 Å². The SMILES string of the molecule is CCCCCCCCCCCCCCCC(OCC)(Oc1ccccc1)C(=O)O. The number of hydrogen-bond donors (Lipinski definition) is 1. The van der Waals surface area contributed by atoms with Crippen LogP contribution < -0.4 is 4.74 Å².